The minimum absolute atomic E-state index is 0.00550. The third-order valence-electron chi connectivity index (χ3n) is 4.23. The summed E-state index contributed by atoms with van der Waals surface area (Å²) in [5, 5.41) is 2.52. The van der Waals surface area contributed by atoms with Gasteiger partial charge in [0.15, 0.2) is 5.65 Å². The Labute approximate surface area is 164 Å². The van der Waals surface area contributed by atoms with E-state index in [1.54, 1.807) is 19.1 Å². The number of anilines is 1. The van der Waals surface area contributed by atoms with Crippen LogP contribution < -0.4 is 10.1 Å². The summed E-state index contributed by atoms with van der Waals surface area (Å²) >= 11 is 6.01. The van der Waals surface area contributed by atoms with Gasteiger partial charge in [-0.05, 0) is 37.1 Å². The number of nitrogens with one attached hydrogen (secondary N) is 1. The van der Waals surface area contributed by atoms with E-state index in [1.165, 1.54) is 7.11 Å². The van der Waals surface area contributed by atoms with E-state index in [9.17, 15) is 18.0 Å². The number of methoxy groups -OCH3 is 1. The summed E-state index contributed by atoms with van der Waals surface area (Å²) in [6, 6.07) is 6.02. The van der Waals surface area contributed by atoms with Crippen LogP contribution >= 0.6 is 11.6 Å². The van der Waals surface area contributed by atoms with E-state index in [2.05, 4.69) is 10.3 Å². The number of benzene rings is 1. The standard InChI is InChI=1S/C19H17ClF3N3O2/c1-4-13-16(18(27)25-14-7-10(2)5-6-15(14)28-3)26-9-11(19(21,22)23)8-12(20)17(26)24-13/h5-9H,4H2,1-3H3,(H,25,27). The van der Waals surface area contributed by atoms with Crippen molar-refractivity contribution in [1.82, 2.24) is 9.38 Å². The number of carbonyl (C=O) groups is 1. The number of hydrogen-bond acceptors (Lipinski definition) is 3. The van der Waals surface area contributed by atoms with Crippen molar-refractivity contribution in [3.8, 4) is 5.75 Å². The number of imidazole rings is 1. The van der Waals surface area contributed by atoms with Crippen LogP contribution in [-0.4, -0.2) is 22.4 Å². The summed E-state index contributed by atoms with van der Waals surface area (Å²) in [7, 11) is 1.46. The molecule has 0 spiro atoms. The lowest BCUT2D eigenvalue weighted by atomic mass is 10.2. The monoisotopic (exact) mass is 411 g/mol. The fraction of sp³-hybridized carbons (Fsp3) is 0.263. The van der Waals surface area contributed by atoms with E-state index in [-0.39, 0.29) is 16.4 Å². The first-order valence-corrected chi connectivity index (χ1v) is 8.77. The SMILES string of the molecule is CCc1nc2c(Cl)cc(C(F)(F)F)cn2c1C(=O)Nc1cc(C)ccc1OC. The van der Waals surface area contributed by atoms with Crippen molar-refractivity contribution in [2.75, 3.05) is 12.4 Å². The molecule has 1 N–H and O–H groups in total. The van der Waals surface area contributed by atoms with Gasteiger partial charge in [-0.25, -0.2) is 4.98 Å². The van der Waals surface area contributed by atoms with Crippen LogP contribution in [0.2, 0.25) is 5.02 Å². The van der Waals surface area contributed by atoms with E-state index in [0.29, 0.717) is 23.6 Å². The fourth-order valence-corrected chi connectivity index (χ4v) is 3.15. The lowest BCUT2D eigenvalue weighted by Crippen LogP contribution is -2.17. The molecule has 28 heavy (non-hydrogen) atoms. The summed E-state index contributed by atoms with van der Waals surface area (Å²) in [5.41, 5.74) is 0.745. The number of amides is 1. The van der Waals surface area contributed by atoms with Gasteiger partial charge >= 0.3 is 6.18 Å². The van der Waals surface area contributed by atoms with Crippen molar-refractivity contribution in [1.29, 1.82) is 0 Å². The first-order valence-electron chi connectivity index (χ1n) is 8.39. The average molecular weight is 412 g/mol. The van der Waals surface area contributed by atoms with Gasteiger partial charge < -0.3 is 10.1 Å². The number of pyridine rings is 1. The van der Waals surface area contributed by atoms with Gasteiger partial charge in [0.1, 0.15) is 11.4 Å². The molecule has 3 aromatic rings. The summed E-state index contributed by atoms with van der Waals surface area (Å²) in [6.07, 6.45) is -3.44. The number of nitrogens with zero attached hydrogens (tertiary/aromatic N) is 2. The zero-order chi connectivity index (χ0) is 20.6. The van der Waals surface area contributed by atoms with Crippen molar-refractivity contribution in [2.24, 2.45) is 0 Å². The van der Waals surface area contributed by atoms with Crippen LogP contribution in [0.15, 0.2) is 30.5 Å². The van der Waals surface area contributed by atoms with Crippen molar-refractivity contribution in [2.45, 2.75) is 26.4 Å². The maximum absolute atomic E-state index is 13.2. The summed E-state index contributed by atoms with van der Waals surface area (Å²) < 4.78 is 45.9. The molecule has 1 aromatic carbocycles. The summed E-state index contributed by atoms with van der Waals surface area (Å²) in [5.74, 6) is -0.177. The highest BCUT2D eigenvalue weighted by molar-refractivity contribution is 6.33. The number of rotatable bonds is 4. The molecule has 5 nitrogen and oxygen atoms in total. The zero-order valence-electron chi connectivity index (χ0n) is 15.3. The Morgan fingerprint density at radius 3 is 2.64 bits per heavy atom. The Balaban J connectivity index is 2.15. The third kappa shape index (κ3) is 3.64. The average Bonchev–Trinajstić information content (AvgIpc) is 3.00. The van der Waals surface area contributed by atoms with Crippen molar-refractivity contribution in [3.05, 3.63) is 58.0 Å². The molecular weight excluding hydrogens is 395 g/mol. The molecule has 0 aliphatic rings. The second-order valence-corrected chi connectivity index (χ2v) is 6.59. The van der Waals surface area contributed by atoms with Gasteiger partial charge in [0.2, 0.25) is 0 Å². The van der Waals surface area contributed by atoms with Crippen LogP contribution in [0.3, 0.4) is 0 Å². The van der Waals surface area contributed by atoms with E-state index < -0.39 is 17.6 Å². The minimum atomic E-state index is -4.61. The Morgan fingerprint density at radius 1 is 1.32 bits per heavy atom. The lowest BCUT2D eigenvalue weighted by Gasteiger charge is -2.13. The number of ether oxygens (including phenoxy) is 1. The van der Waals surface area contributed by atoms with Crippen LogP contribution in [0.4, 0.5) is 18.9 Å². The molecule has 0 aliphatic heterocycles. The molecule has 0 aliphatic carbocycles. The van der Waals surface area contributed by atoms with Gasteiger partial charge in [-0.2, -0.15) is 13.2 Å². The molecule has 1 amide bonds. The molecule has 2 heterocycles. The van der Waals surface area contributed by atoms with E-state index in [4.69, 9.17) is 16.3 Å². The Hall–Kier alpha value is -2.74. The van der Waals surface area contributed by atoms with Gasteiger partial charge in [-0.15, -0.1) is 0 Å². The maximum Gasteiger partial charge on any atom is 0.417 e. The number of fused-ring (bicyclic) bond motifs is 1. The molecule has 3 rings (SSSR count). The third-order valence-corrected chi connectivity index (χ3v) is 4.51. The van der Waals surface area contributed by atoms with E-state index in [1.807, 2.05) is 13.0 Å². The number of halogens is 4. The molecule has 0 saturated heterocycles. The number of carbonyl (C=O) groups excluding carboxylic acids is 1. The first kappa shape index (κ1) is 20.0. The second-order valence-electron chi connectivity index (χ2n) is 6.19. The quantitative estimate of drug-likeness (QED) is 0.646. The highest BCUT2D eigenvalue weighted by Crippen LogP contribution is 2.33. The van der Waals surface area contributed by atoms with Crippen LogP contribution in [0.1, 0.15) is 34.2 Å². The van der Waals surface area contributed by atoms with Gasteiger partial charge in [-0.3, -0.25) is 9.20 Å². The highest BCUT2D eigenvalue weighted by atomic mass is 35.5. The summed E-state index contributed by atoms with van der Waals surface area (Å²) in [6.45, 7) is 3.60. The van der Waals surface area contributed by atoms with Gasteiger partial charge in [0.25, 0.3) is 5.91 Å². The lowest BCUT2D eigenvalue weighted by molar-refractivity contribution is -0.137. The van der Waals surface area contributed by atoms with Crippen molar-refractivity contribution >= 4 is 28.8 Å². The van der Waals surface area contributed by atoms with Crippen molar-refractivity contribution < 1.29 is 22.7 Å². The highest BCUT2D eigenvalue weighted by Gasteiger charge is 2.33. The summed E-state index contributed by atoms with van der Waals surface area (Å²) in [4.78, 5) is 17.2. The van der Waals surface area contributed by atoms with Crippen LogP contribution in [-0.2, 0) is 12.6 Å². The minimum Gasteiger partial charge on any atom is -0.495 e. The van der Waals surface area contributed by atoms with Crippen LogP contribution in [0.25, 0.3) is 5.65 Å². The molecule has 9 heteroatoms. The molecular formula is C19H17ClF3N3O2. The molecule has 0 atom stereocenters. The first-order chi connectivity index (χ1) is 13.2. The Kier molecular flexibility index (Phi) is 5.25. The number of hydrogen-bond donors (Lipinski definition) is 1. The smallest absolute Gasteiger partial charge is 0.417 e. The topological polar surface area (TPSA) is 55.6 Å². The van der Waals surface area contributed by atoms with E-state index in [0.717, 1.165) is 22.2 Å². The van der Waals surface area contributed by atoms with Crippen LogP contribution in [0, 0.1) is 6.92 Å². The fourth-order valence-electron chi connectivity index (χ4n) is 2.89. The predicted molar refractivity (Wildman–Crippen MR) is 100 cm³/mol. The maximum atomic E-state index is 13.2. The second kappa shape index (κ2) is 7.35. The predicted octanol–water partition coefficient (Wildman–Crippen LogP) is 5.14. The number of aryl methyl sites for hydroxylation is 2. The largest absolute Gasteiger partial charge is 0.495 e. The molecule has 148 valence electrons. The normalized spacial score (nSPS) is 11.7. The molecule has 2 aromatic heterocycles. The van der Waals surface area contributed by atoms with Crippen LogP contribution in [0.5, 0.6) is 5.75 Å². The van der Waals surface area contributed by atoms with Gasteiger partial charge in [-0.1, -0.05) is 24.6 Å². The van der Waals surface area contributed by atoms with Crippen molar-refractivity contribution in [3.63, 3.8) is 0 Å². The van der Waals surface area contributed by atoms with E-state index >= 15 is 0 Å². The molecule has 0 unspecified atom stereocenters. The molecule has 0 radical (unpaired) electrons. The number of alkyl halides is 3. The van der Waals surface area contributed by atoms with Gasteiger partial charge in [0.05, 0.1) is 29.1 Å². The van der Waals surface area contributed by atoms with Gasteiger partial charge in [0, 0.05) is 6.20 Å². The Bertz CT molecular complexity index is 1060. The molecule has 0 bridgehead atoms. The molecule has 0 fully saturated rings. The number of aromatic nitrogens is 2. The Morgan fingerprint density at radius 2 is 2.04 bits per heavy atom. The zero-order valence-corrected chi connectivity index (χ0v) is 16.1. The molecule has 0 saturated carbocycles.